The van der Waals surface area contributed by atoms with Crippen LogP contribution in [0.15, 0.2) is 12.1 Å². The summed E-state index contributed by atoms with van der Waals surface area (Å²) in [6.45, 7) is 6.95. The second kappa shape index (κ2) is 5.14. The average Bonchev–Trinajstić information content (AvgIpc) is 2.32. The van der Waals surface area contributed by atoms with Crippen LogP contribution in [-0.4, -0.2) is 17.6 Å². The van der Waals surface area contributed by atoms with Gasteiger partial charge in [-0.3, -0.25) is 0 Å². The maximum absolute atomic E-state index is 12.9. The first-order valence-corrected chi connectivity index (χ1v) is 6.80. The van der Waals surface area contributed by atoms with Gasteiger partial charge in [-0.05, 0) is 37.3 Å². The van der Waals surface area contributed by atoms with E-state index in [0.29, 0.717) is 24.2 Å². The van der Waals surface area contributed by atoms with Crippen LogP contribution >= 0.6 is 0 Å². The van der Waals surface area contributed by atoms with Crippen LogP contribution in [0, 0.1) is 11.8 Å². The molecule has 3 nitrogen and oxygen atoms in total. The van der Waals surface area contributed by atoms with Crippen molar-refractivity contribution in [3.63, 3.8) is 0 Å². The third kappa shape index (κ3) is 2.99. The van der Waals surface area contributed by atoms with E-state index in [4.69, 9.17) is 5.73 Å². The van der Waals surface area contributed by atoms with Crippen molar-refractivity contribution in [3.05, 3.63) is 17.7 Å². The predicted molar refractivity (Wildman–Crippen MR) is 73.4 cm³/mol. The first-order valence-electron chi connectivity index (χ1n) is 6.80. The SMILES string of the molecule is CC1CC(C)C(C)N(c2cc(C(F)(F)F)cc(N)n2)C1. The summed E-state index contributed by atoms with van der Waals surface area (Å²) in [6.07, 6.45) is -3.33. The summed E-state index contributed by atoms with van der Waals surface area (Å²) >= 11 is 0. The number of hydrogen-bond donors (Lipinski definition) is 1. The fourth-order valence-corrected chi connectivity index (χ4v) is 2.87. The van der Waals surface area contributed by atoms with Crippen molar-refractivity contribution in [2.45, 2.75) is 39.4 Å². The Balaban J connectivity index is 2.39. The van der Waals surface area contributed by atoms with Crippen molar-refractivity contribution in [2.75, 3.05) is 17.2 Å². The molecule has 0 spiro atoms. The van der Waals surface area contributed by atoms with Crippen molar-refractivity contribution in [1.29, 1.82) is 0 Å². The van der Waals surface area contributed by atoms with Gasteiger partial charge in [-0.25, -0.2) is 4.98 Å². The van der Waals surface area contributed by atoms with E-state index in [1.165, 1.54) is 0 Å². The van der Waals surface area contributed by atoms with Crippen LogP contribution in [0.2, 0.25) is 0 Å². The summed E-state index contributed by atoms with van der Waals surface area (Å²) < 4.78 is 38.6. The first kappa shape index (κ1) is 14.9. The van der Waals surface area contributed by atoms with Gasteiger partial charge in [0.2, 0.25) is 0 Å². The number of anilines is 2. The largest absolute Gasteiger partial charge is 0.416 e. The first-order chi connectivity index (χ1) is 9.18. The highest BCUT2D eigenvalue weighted by Crippen LogP contribution is 2.35. The Morgan fingerprint density at radius 2 is 1.90 bits per heavy atom. The van der Waals surface area contributed by atoms with Gasteiger partial charge in [-0.1, -0.05) is 13.8 Å². The van der Waals surface area contributed by atoms with Crippen LogP contribution in [0.3, 0.4) is 0 Å². The molecule has 1 fully saturated rings. The van der Waals surface area contributed by atoms with Crippen LogP contribution < -0.4 is 10.6 Å². The standard InChI is InChI=1S/C14H20F3N3/c1-8-4-9(2)10(3)20(7-8)13-6-11(14(15,16)17)5-12(18)19-13/h5-6,8-10H,4,7H2,1-3H3,(H2,18,19). The monoisotopic (exact) mass is 287 g/mol. The topological polar surface area (TPSA) is 42.1 Å². The lowest BCUT2D eigenvalue weighted by atomic mass is 9.86. The van der Waals surface area contributed by atoms with Gasteiger partial charge in [0.05, 0.1) is 5.56 Å². The molecule has 6 heteroatoms. The highest BCUT2D eigenvalue weighted by Gasteiger charge is 2.34. The van der Waals surface area contributed by atoms with E-state index < -0.39 is 11.7 Å². The van der Waals surface area contributed by atoms with E-state index in [9.17, 15) is 13.2 Å². The summed E-state index contributed by atoms with van der Waals surface area (Å²) in [7, 11) is 0. The molecule has 1 aliphatic heterocycles. The fraction of sp³-hybridized carbons (Fsp3) is 0.643. The molecule has 0 bridgehead atoms. The van der Waals surface area contributed by atoms with E-state index in [0.717, 1.165) is 18.6 Å². The summed E-state index contributed by atoms with van der Waals surface area (Å²) in [5.74, 6) is 1.08. The van der Waals surface area contributed by atoms with Crippen molar-refractivity contribution in [3.8, 4) is 0 Å². The highest BCUT2D eigenvalue weighted by atomic mass is 19.4. The molecule has 112 valence electrons. The molecule has 2 rings (SSSR count). The molecule has 20 heavy (non-hydrogen) atoms. The molecule has 0 aliphatic carbocycles. The third-order valence-electron chi connectivity index (χ3n) is 4.05. The van der Waals surface area contributed by atoms with Crippen LogP contribution in [0.1, 0.15) is 32.8 Å². The number of rotatable bonds is 1. The molecule has 0 aromatic carbocycles. The summed E-state index contributed by atoms with van der Waals surface area (Å²) in [5, 5.41) is 0. The Hall–Kier alpha value is -1.46. The van der Waals surface area contributed by atoms with Gasteiger partial charge in [0.15, 0.2) is 0 Å². The maximum atomic E-state index is 12.9. The van der Waals surface area contributed by atoms with Crippen molar-refractivity contribution in [1.82, 2.24) is 4.98 Å². The molecular weight excluding hydrogens is 267 g/mol. The van der Waals surface area contributed by atoms with Crippen LogP contribution in [0.25, 0.3) is 0 Å². The molecule has 2 N–H and O–H groups in total. The minimum atomic E-state index is -4.40. The van der Waals surface area contributed by atoms with E-state index in [1.54, 1.807) is 0 Å². The summed E-state index contributed by atoms with van der Waals surface area (Å²) in [5.41, 5.74) is 4.80. The van der Waals surface area contributed by atoms with Crippen LogP contribution in [-0.2, 0) is 6.18 Å². The summed E-state index contributed by atoms with van der Waals surface area (Å²) in [6, 6.07) is 2.13. The predicted octanol–water partition coefficient (Wildman–Crippen LogP) is 3.55. The molecular formula is C14H20F3N3. The lowest BCUT2D eigenvalue weighted by Gasteiger charge is -2.42. The number of piperidine rings is 1. The van der Waals surface area contributed by atoms with Gasteiger partial charge in [0.25, 0.3) is 0 Å². The number of alkyl halides is 3. The number of aromatic nitrogens is 1. The molecule has 2 heterocycles. The zero-order chi connectivity index (χ0) is 15.1. The number of nitrogens with two attached hydrogens (primary N) is 1. The van der Waals surface area contributed by atoms with Gasteiger partial charge in [-0.15, -0.1) is 0 Å². The Morgan fingerprint density at radius 3 is 2.50 bits per heavy atom. The molecule has 0 saturated carbocycles. The van der Waals surface area contributed by atoms with Gasteiger partial charge in [-0.2, -0.15) is 13.2 Å². The smallest absolute Gasteiger partial charge is 0.384 e. The van der Waals surface area contributed by atoms with E-state index in [1.807, 2.05) is 11.8 Å². The van der Waals surface area contributed by atoms with E-state index in [-0.39, 0.29) is 11.9 Å². The quantitative estimate of drug-likeness (QED) is 0.859. The number of hydrogen-bond acceptors (Lipinski definition) is 3. The molecule has 0 radical (unpaired) electrons. The molecule has 1 aromatic rings. The molecule has 3 unspecified atom stereocenters. The Morgan fingerprint density at radius 1 is 1.25 bits per heavy atom. The van der Waals surface area contributed by atoms with Crippen molar-refractivity contribution in [2.24, 2.45) is 11.8 Å². The molecule has 1 aromatic heterocycles. The Bertz CT molecular complexity index is 487. The molecule has 1 saturated heterocycles. The molecule has 0 amide bonds. The van der Waals surface area contributed by atoms with Gasteiger partial charge < -0.3 is 10.6 Å². The molecule has 1 aliphatic rings. The van der Waals surface area contributed by atoms with Gasteiger partial charge in [0, 0.05) is 12.6 Å². The maximum Gasteiger partial charge on any atom is 0.416 e. The Labute approximate surface area is 117 Å². The number of halogens is 3. The fourth-order valence-electron chi connectivity index (χ4n) is 2.87. The zero-order valence-electron chi connectivity index (χ0n) is 11.9. The molecule has 3 atom stereocenters. The summed E-state index contributed by atoms with van der Waals surface area (Å²) in [4.78, 5) is 6.03. The lowest BCUT2D eigenvalue weighted by molar-refractivity contribution is -0.137. The lowest BCUT2D eigenvalue weighted by Crippen LogP contribution is -2.46. The second-order valence-corrected chi connectivity index (χ2v) is 5.85. The van der Waals surface area contributed by atoms with E-state index >= 15 is 0 Å². The second-order valence-electron chi connectivity index (χ2n) is 5.85. The van der Waals surface area contributed by atoms with Gasteiger partial charge >= 0.3 is 6.18 Å². The van der Waals surface area contributed by atoms with Crippen molar-refractivity contribution < 1.29 is 13.2 Å². The minimum absolute atomic E-state index is 0.0899. The zero-order valence-corrected chi connectivity index (χ0v) is 11.9. The highest BCUT2D eigenvalue weighted by molar-refractivity contribution is 5.50. The minimum Gasteiger partial charge on any atom is -0.384 e. The number of nitrogens with zero attached hydrogens (tertiary/aromatic N) is 2. The number of nitrogen functional groups attached to an aromatic ring is 1. The van der Waals surface area contributed by atoms with Crippen molar-refractivity contribution >= 4 is 11.6 Å². The van der Waals surface area contributed by atoms with Gasteiger partial charge in [0.1, 0.15) is 11.6 Å². The van der Waals surface area contributed by atoms with Crippen LogP contribution in [0.5, 0.6) is 0 Å². The van der Waals surface area contributed by atoms with E-state index in [2.05, 4.69) is 18.8 Å². The number of pyridine rings is 1. The Kier molecular flexibility index (Phi) is 3.84. The average molecular weight is 287 g/mol. The third-order valence-corrected chi connectivity index (χ3v) is 4.05. The van der Waals surface area contributed by atoms with Crippen LogP contribution in [0.4, 0.5) is 24.8 Å². The normalized spacial score (nSPS) is 27.7.